The van der Waals surface area contributed by atoms with Crippen molar-refractivity contribution in [1.82, 2.24) is 0 Å². The third-order valence-electron chi connectivity index (χ3n) is 4.33. The predicted molar refractivity (Wildman–Crippen MR) is 92.7 cm³/mol. The maximum Gasteiger partial charge on any atom is 0.335 e. The lowest BCUT2D eigenvalue weighted by Crippen LogP contribution is -2.30. The Kier molecular flexibility index (Phi) is 4.61. The standard InChI is InChI=1S/C19H19NO5/c1-24-16-6-3-12(9-17(16)25-2)10-18(21)20-8-7-13-11-14(19(22)23)4-5-15(13)20/h3-6,9,11H,7-8,10H2,1-2H3,(H,22,23). The molecule has 1 aliphatic rings. The zero-order chi connectivity index (χ0) is 18.0. The number of nitrogens with zero attached hydrogens (tertiary/aromatic N) is 1. The van der Waals surface area contributed by atoms with E-state index in [1.54, 1.807) is 43.4 Å². The van der Waals surface area contributed by atoms with Gasteiger partial charge in [0.15, 0.2) is 11.5 Å². The summed E-state index contributed by atoms with van der Waals surface area (Å²) in [7, 11) is 3.12. The molecule has 1 heterocycles. The first-order valence-electron chi connectivity index (χ1n) is 7.91. The number of fused-ring (bicyclic) bond motifs is 1. The maximum atomic E-state index is 12.7. The zero-order valence-electron chi connectivity index (χ0n) is 14.1. The van der Waals surface area contributed by atoms with Gasteiger partial charge in [0.2, 0.25) is 5.91 Å². The van der Waals surface area contributed by atoms with Crippen molar-refractivity contribution >= 4 is 17.6 Å². The molecule has 6 heteroatoms. The van der Waals surface area contributed by atoms with Crippen LogP contribution in [0.1, 0.15) is 21.5 Å². The Balaban J connectivity index is 1.79. The van der Waals surface area contributed by atoms with Crippen LogP contribution in [0.4, 0.5) is 5.69 Å². The molecule has 2 aromatic carbocycles. The van der Waals surface area contributed by atoms with E-state index in [1.807, 2.05) is 6.07 Å². The molecule has 0 saturated heterocycles. The molecule has 6 nitrogen and oxygen atoms in total. The van der Waals surface area contributed by atoms with E-state index in [0.29, 0.717) is 24.5 Å². The largest absolute Gasteiger partial charge is 0.493 e. The van der Waals surface area contributed by atoms with Gasteiger partial charge in [-0.15, -0.1) is 0 Å². The van der Waals surface area contributed by atoms with Crippen LogP contribution in [-0.2, 0) is 17.6 Å². The average Bonchev–Trinajstić information content (AvgIpc) is 3.04. The van der Waals surface area contributed by atoms with Crippen molar-refractivity contribution in [2.24, 2.45) is 0 Å². The summed E-state index contributed by atoms with van der Waals surface area (Å²) in [5, 5.41) is 9.08. The van der Waals surface area contributed by atoms with E-state index < -0.39 is 5.97 Å². The fourth-order valence-corrected chi connectivity index (χ4v) is 3.05. The molecule has 0 aromatic heterocycles. The number of anilines is 1. The van der Waals surface area contributed by atoms with Crippen LogP contribution in [0.5, 0.6) is 11.5 Å². The molecule has 0 fully saturated rings. The lowest BCUT2D eigenvalue weighted by molar-refractivity contribution is -0.117. The lowest BCUT2D eigenvalue weighted by Gasteiger charge is -2.18. The molecule has 3 rings (SSSR count). The molecule has 1 aliphatic heterocycles. The van der Waals surface area contributed by atoms with Gasteiger partial charge in [-0.25, -0.2) is 4.79 Å². The number of methoxy groups -OCH3 is 2. The first-order chi connectivity index (χ1) is 12.0. The van der Waals surface area contributed by atoms with Gasteiger partial charge < -0.3 is 19.5 Å². The number of carboxylic acids is 1. The Bertz CT molecular complexity index is 831. The monoisotopic (exact) mass is 341 g/mol. The highest BCUT2D eigenvalue weighted by molar-refractivity contribution is 5.98. The summed E-state index contributed by atoms with van der Waals surface area (Å²) in [6.45, 7) is 0.560. The summed E-state index contributed by atoms with van der Waals surface area (Å²) in [5.41, 5.74) is 2.75. The van der Waals surface area contributed by atoms with Gasteiger partial charge in [-0.1, -0.05) is 6.07 Å². The molecule has 25 heavy (non-hydrogen) atoms. The lowest BCUT2D eigenvalue weighted by atomic mass is 10.1. The second-order valence-electron chi connectivity index (χ2n) is 5.81. The minimum Gasteiger partial charge on any atom is -0.493 e. The fraction of sp³-hybridized carbons (Fsp3) is 0.263. The molecule has 1 N–H and O–H groups in total. The Hall–Kier alpha value is -3.02. The van der Waals surface area contributed by atoms with Gasteiger partial charge in [0, 0.05) is 12.2 Å². The number of hydrogen-bond donors (Lipinski definition) is 1. The third kappa shape index (κ3) is 3.28. The number of benzene rings is 2. The molecule has 0 unspecified atom stereocenters. The van der Waals surface area contributed by atoms with E-state index in [4.69, 9.17) is 14.6 Å². The van der Waals surface area contributed by atoms with Crippen molar-refractivity contribution in [2.45, 2.75) is 12.8 Å². The Morgan fingerprint density at radius 3 is 2.52 bits per heavy atom. The first kappa shape index (κ1) is 16.8. The van der Waals surface area contributed by atoms with Crippen LogP contribution in [0, 0.1) is 0 Å². The van der Waals surface area contributed by atoms with Crippen molar-refractivity contribution in [1.29, 1.82) is 0 Å². The van der Waals surface area contributed by atoms with Crippen molar-refractivity contribution in [2.75, 3.05) is 25.7 Å². The summed E-state index contributed by atoms with van der Waals surface area (Å²) < 4.78 is 10.5. The van der Waals surface area contributed by atoms with Crippen LogP contribution < -0.4 is 14.4 Å². The van der Waals surface area contributed by atoms with Gasteiger partial charge in [0.1, 0.15) is 0 Å². The van der Waals surface area contributed by atoms with Crippen LogP contribution >= 0.6 is 0 Å². The number of carbonyl (C=O) groups excluding carboxylic acids is 1. The first-order valence-corrected chi connectivity index (χ1v) is 7.91. The molecule has 2 aromatic rings. The highest BCUT2D eigenvalue weighted by atomic mass is 16.5. The van der Waals surface area contributed by atoms with E-state index >= 15 is 0 Å². The van der Waals surface area contributed by atoms with Gasteiger partial charge in [-0.2, -0.15) is 0 Å². The maximum absolute atomic E-state index is 12.7. The Morgan fingerprint density at radius 1 is 1.08 bits per heavy atom. The molecule has 0 radical (unpaired) electrons. The van der Waals surface area contributed by atoms with E-state index in [0.717, 1.165) is 16.8 Å². The molecule has 0 bridgehead atoms. The molecule has 0 saturated carbocycles. The molecular formula is C19H19NO5. The van der Waals surface area contributed by atoms with Crippen molar-refractivity contribution in [3.05, 3.63) is 53.1 Å². The topological polar surface area (TPSA) is 76.1 Å². The van der Waals surface area contributed by atoms with Crippen molar-refractivity contribution in [3.8, 4) is 11.5 Å². The minimum absolute atomic E-state index is 0.0333. The number of amides is 1. The number of aromatic carboxylic acids is 1. The molecule has 130 valence electrons. The van der Waals surface area contributed by atoms with Crippen LogP contribution in [0.15, 0.2) is 36.4 Å². The molecule has 0 aliphatic carbocycles. The number of hydrogen-bond acceptors (Lipinski definition) is 4. The Labute approximate surface area is 145 Å². The summed E-state index contributed by atoms with van der Waals surface area (Å²) in [4.78, 5) is 25.5. The van der Waals surface area contributed by atoms with Gasteiger partial charge in [-0.05, 0) is 47.9 Å². The molecular weight excluding hydrogens is 322 g/mol. The van der Waals surface area contributed by atoms with Gasteiger partial charge in [0.25, 0.3) is 0 Å². The van der Waals surface area contributed by atoms with Crippen LogP contribution in [0.2, 0.25) is 0 Å². The summed E-state index contributed by atoms with van der Waals surface area (Å²) >= 11 is 0. The van der Waals surface area contributed by atoms with Crippen molar-refractivity contribution < 1.29 is 24.2 Å². The highest BCUT2D eigenvalue weighted by Gasteiger charge is 2.25. The van der Waals surface area contributed by atoms with Gasteiger partial charge >= 0.3 is 5.97 Å². The van der Waals surface area contributed by atoms with E-state index in [-0.39, 0.29) is 17.9 Å². The van der Waals surface area contributed by atoms with Crippen molar-refractivity contribution in [3.63, 3.8) is 0 Å². The SMILES string of the molecule is COc1ccc(CC(=O)N2CCc3cc(C(=O)O)ccc32)cc1OC. The molecule has 0 atom stereocenters. The second-order valence-corrected chi connectivity index (χ2v) is 5.81. The zero-order valence-corrected chi connectivity index (χ0v) is 14.1. The predicted octanol–water partition coefficient (Wildman–Crippen LogP) is 2.53. The quantitative estimate of drug-likeness (QED) is 0.904. The van der Waals surface area contributed by atoms with E-state index in [9.17, 15) is 9.59 Å². The summed E-state index contributed by atoms with van der Waals surface area (Å²) in [6.07, 6.45) is 0.897. The normalized spacial score (nSPS) is 12.6. The summed E-state index contributed by atoms with van der Waals surface area (Å²) in [6, 6.07) is 10.3. The minimum atomic E-state index is -0.960. The third-order valence-corrected chi connectivity index (χ3v) is 4.33. The summed E-state index contributed by atoms with van der Waals surface area (Å²) in [5.74, 6) is 0.207. The number of rotatable bonds is 5. The number of ether oxygens (including phenoxy) is 2. The van der Waals surface area contributed by atoms with Gasteiger partial charge in [-0.3, -0.25) is 4.79 Å². The van der Waals surface area contributed by atoms with E-state index in [1.165, 1.54) is 6.07 Å². The number of carbonyl (C=O) groups is 2. The van der Waals surface area contributed by atoms with Crippen LogP contribution in [-0.4, -0.2) is 37.7 Å². The highest BCUT2D eigenvalue weighted by Crippen LogP contribution is 2.31. The fourth-order valence-electron chi connectivity index (χ4n) is 3.05. The average molecular weight is 341 g/mol. The number of carboxylic acid groups (broad SMARTS) is 1. The molecule has 0 spiro atoms. The smallest absolute Gasteiger partial charge is 0.335 e. The second kappa shape index (κ2) is 6.84. The Morgan fingerprint density at radius 2 is 1.84 bits per heavy atom. The van der Waals surface area contributed by atoms with Gasteiger partial charge in [0.05, 0.1) is 26.2 Å². The van der Waals surface area contributed by atoms with E-state index in [2.05, 4.69) is 0 Å². The van der Waals surface area contributed by atoms with Crippen LogP contribution in [0.25, 0.3) is 0 Å². The van der Waals surface area contributed by atoms with Crippen LogP contribution in [0.3, 0.4) is 0 Å². The molecule has 1 amide bonds.